The number of carbonyl (C=O) groups is 1. The van der Waals surface area contributed by atoms with Crippen LogP contribution in [0.15, 0.2) is 47.4 Å². The molecule has 6 nitrogen and oxygen atoms in total. The van der Waals surface area contributed by atoms with Crippen LogP contribution in [0.4, 0.5) is 4.79 Å². The molecule has 28 heavy (non-hydrogen) atoms. The van der Waals surface area contributed by atoms with Crippen molar-refractivity contribution in [1.82, 2.24) is 14.5 Å². The molecule has 0 saturated carbocycles. The minimum absolute atomic E-state index is 0.0227. The molecule has 0 spiro atoms. The van der Waals surface area contributed by atoms with E-state index in [1.54, 1.807) is 18.2 Å². The molecule has 1 heterocycles. The fourth-order valence-electron chi connectivity index (χ4n) is 2.84. The lowest BCUT2D eigenvalue weighted by Gasteiger charge is -2.34. The molecule has 0 aliphatic carbocycles. The van der Waals surface area contributed by atoms with Gasteiger partial charge in [-0.3, -0.25) is 0 Å². The number of benzene rings is 2. The minimum Gasteiger partial charge on any atom is -0.334 e. The third-order valence-electron chi connectivity index (χ3n) is 4.35. The van der Waals surface area contributed by atoms with Crippen LogP contribution >= 0.6 is 34.8 Å². The van der Waals surface area contributed by atoms with E-state index in [9.17, 15) is 13.2 Å². The summed E-state index contributed by atoms with van der Waals surface area (Å²) >= 11 is 17.8. The van der Waals surface area contributed by atoms with Gasteiger partial charge >= 0.3 is 6.03 Å². The van der Waals surface area contributed by atoms with E-state index in [-0.39, 0.29) is 24.1 Å². The van der Waals surface area contributed by atoms with Gasteiger partial charge in [0.25, 0.3) is 0 Å². The minimum atomic E-state index is -3.71. The van der Waals surface area contributed by atoms with Crippen molar-refractivity contribution in [2.24, 2.45) is 0 Å². The summed E-state index contributed by atoms with van der Waals surface area (Å²) in [5.41, 5.74) is 0.724. The highest BCUT2D eigenvalue weighted by molar-refractivity contribution is 7.89. The lowest BCUT2D eigenvalue weighted by atomic mass is 10.2. The molecule has 150 valence electrons. The number of sulfonamides is 1. The smallest absolute Gasteiger partial charge is 0.318 e. The molecule has 1 aliphatic heterocycles. The first-order valence-electron chi connectivity index (χ1n) is 8.50. The van der Waals surface area contributed by atoms with E-state index in [1.807, 2.05) is 0 Å². The number of amides is 2. The van der Waals surface area contributed by atoms with E-state index in [2.05, 4.69) is 5.32 Å². The summed E-state index contributed by atoms with van der Waals surface area (Å²) in [6.45, 7) is 1.00. The zero-order valence-electron chi connectivity index (χ0n) is 14.7. The number of rotatable bonds is 4. The Balaban J connectivity index is 1.65. The van der Waals surface area contributed by atoms with E-state index >= 15 is 0 Å². The van der Waals surface area contributed by atoms with E-state index < -0.39 is 10.0 Å². The highest BCUT2D eigenvalue weighted by Gasteiger charge is 2.31. The Kier molecular flexibility index (Phi) is 6.73. The zero-order chi connectivity index (χ0) is 20.3. The van der Waals surface area contributed by atoms with Crippen molar-refractivity contribution in [2.75, 3.05) is 19.8 Å². The van der Waals surface area contributed by atoms with Crippen LogP contribution in [0.3, 0.4) is 0 Å². The number of halogens is 3. The fourth-order valence-corrected chi connectivity index (χ4v) is 4.88. The third kappa shape index (κ3) is 4.90. The molecule has 2 aromatic carbocycles. The van der Waals surface area contributed by atoms with Gasteiger partial charge in [-0.1, -0.05) is 40.9 Å². The van der Waals surface area contributed by atoms with Crippen LogP contribution in [0.2, 0.25) is 15.1 Å². The summed E-state index contributed by atoms with van der Waals surface area (Å²) in [5, 5.41) is 4.20. The molecule has 0 radical (unpaired) electrons. The quantitative estimate of drug-likeness (QED) is 0.740. The van der Waals surface area contributed by atoms with E-state index in [4.69, 9.17) is 34.8 Å². The molecule has 1 saturated heterocycles. The second kappa shape index (κ2) is 8.88. The average Bonchev–Trinajstić information content (AvgIpc) is 2.67. The van der Waals surface area contributed by atoms with Gasteiger partial charge in [-0.05, 0) is 48.4 Å². The normalized spacial score (nSPS) is 15.5. The van der Waals surface area contributed by atoms with Crippen LogP contribution in [-0.4, -0.2) is 43.4 Å². The first-order valence-corrected chi connectivity index (χ1v) is 11.1. The van der Waals surface area contributed by atoms with Gasteiger partial charge in [0.15, 0.2) is 0 Å². The van der Waals surface area contributed by atoms with Crippen LogP contribution in [0.1, 0.15) is 12.0 Å². The molecule has 0 bridgehead atoms. The van der Waals surface area contributed by atoms with Gasteiger partial charge in [-0.15, -0.1) is 0 Å². The molecule has 0 unspecified atom stereocenters. The Morgan fingerprint density at radius 2 is 1.68 bits per heavy atom. The maximum Gasteiger partial charge on any atom is 0.318 e. The predicted octanol–water partition coefficient (Wildman–Crippen LogP) is 4.21. The van der Waals surface area contributed by atoms with Gasteiger partial charge in [0.2, 0.25) is 10.0 Å². The molecule has 0 aromatic heterocycles. The van der Waals surface area contributed by atoms with Crippen molar-refractivity contribution in [1.29, 1.82) is 0 Å². The van der Waals surface area contributed by atoms with Crippen LogP contribution in [0.5, 0.6) is 0 Å². The van der Waals surface area contributed by atoms with Gasteiger partial charge in [0, 0.05) is 34.7 Å². The highest BCUT2D eigenvalue weighted by Crippen LogP contribution is 2.22. The van der Waals surface area contributed by atoms with Crippen molar-refractivity contribution in [3.8, 4) is 0 Å². The van der Waals surface area contributed by atoms with E-state index in [0.717, 1.165) is 5.56 Å². The van der Waals surface area contributed by atoms with Gasteiger partial charge in [-0.25, -0.2) is 13.2 Å². The molecule has 1 aliphatic rings. The summed E-state index contributed by atoms with van der Waals surface area (Å²) < 4.78 is 26.9. The average molecular weight is 463 g/mol. The molecular formula is C18H18Cl3N3O3S. The number of hydrogen-bond donors (Lipinski definition) is 1. The summed E-state index contributed by atoms with van der Waals surface area (Å²) in [7, 11) is -3.71. The zero-order valence-corrected chi connectivity index (χ0v) is 17.8. The Morgan fingerprint density at radius 1 is 1.00 bits per heavy atom. The first-order chi connectivity index (χ1) is 13.3. The molecule has 0 atom stereocenters. The lowest BCUT2D eigenvalue weighted by Crippen LogP contribution is -2.52. The lowest BCUT2D eigenvalue weighted by molar-refractivity contribution is 0.150. The standard InChI is InChI=1S/C18H18Cl3N3O3S/c19-14-4-6-16(7-5-14)28(26,27)24-9-1-8-23(12-24)18(25)22-11-13-2-3-15(20)10-17(13)21/h2-7,10H,1,8-9,11-12H2,(H,22,25). The summed E-state index contributed by atoms with van der Waals surface area (Å²) in [6.07, 6.45) is 0.544. The van der Waals surface area contributed by atoms with Crippen LogP contribution in [-0.2, 0) is 16.6 Å². The van der Waals surface area contributed by atoms with Crippen molar-refractivity contribution >= 4 is 50.9 Å². The molecular weight excluding hydrogens is 445 g/mol. The highest BCUT2D eigenvalue weighted by atomic mass is 35.5. The van der Waals surface area contributed by atoms with Gasteiger partial charge in [0.05, 0.1) is 11.6 Å². The molecule has 1 N–H and O–H groups in total. The number of nitrogens with zero attached hydrogens (tertiary/aromatic N) is 2. The van der Waals surface area contributed by atoms with Gasteiger partial charge in [0.1, 0.15) is 0 Å². The first kappa shape index (κ1) is 21.2. The Morgan fingerprint density at radius 3 is 2.36 bits per heavy atom. The number of hydrogen-bond acceptors (Lipinski definition) is 3. The van der Waals surface area contributed by atoms with Gasteiger partial charge in [-0.2, -0.15) is 4.31 Å². The van der Waals surface area contributed by atoms with Crippen molar-refractivity contribution in [3.05, 3.63) is 63.1 Å². The van der Waals surface area contributed by atoms with Gasteiger partial charge < -0.3 is 10.2 Å². The molecule has 2 aromatic rings. The predicted molar refractivity (Wildman–Crippen MR) is 110 cm³/mol. The topological polar surface area (TPSA) is 69.7 Å². The van der Waals surface area contributed by atoms with Crippen LogP contribution in [0, 0.1) is 0 Å². The number of nitrogens with one attached hydrogen (secondary N) is 1. The summed E-state index contributed by atoms with van der Waals surface area (Å²) in [6, 6.07) is 10.6. The second-order valence-corrected chi connectivity index (χ2v) is 9.51. The van der Waals surface area contributed by atoms with E-state index in [1.165, 1.54) is 33.5 Å². The van der Waals surface area contributed by atoms with E-state index in [0.29, 0.717) is 34.6 Å². The molecule has 10 heteroatoms. The second-order valence-electron chi connectivity index (χ2n) is 6.29. The molecule has 3 rings (SSSR count). The monoisotopic (exact) mass is 461 g/mol. The maximum absolute atomic E-state index is 12.8. The largest absolute Gasteiger partial charge is 0.334 e. The maximum atomic E-state index is 12.8. The Hall–Kier alpha value is -1.51. The number of carbonyl (C=O) groups excluding carboxylic acids is 1. The molecule has 2 amide bonds. The SMILES string of the molecule is O=C(NCc1ccc(Cl)cc1Cl)N1CCCN(S(=O)(=O)c2ccc(Cl)cc2)C1. The fraction of sp³-hybridized carbons (Fsp3) is 0.278. The van der Waals surface area contributed by atoms with Crippen LogP contribution < -0.4 is 5.32 Å². The third-order valence-corrected chi connectivity index (χ3v) is 7.03. The van der Waals surface area contributed by atoms with Crippen LogP contribution in [0.25, 0.3) is 0 Å². The summed E-state index contributed by atoms with van der Waals surface area (Å²) in [5.74, 6) is 0. The molecule has 1 fully saturated rings. The summed E-state index contributed by atoms with van der Waals surface area (Å²) in [4.78, 5) is 14.1. The number of urea groups is 1. The van der Waals surface area contributed by atoms with Crippen molar-refractivity contribution in [2.45, 2.75) is 17.9 Å². The Bertz CT molecular complexity index is 968. The van der Waals surface area contributed by atoms with Crippen molar-refractivity contribution in [3.63, 3.8) is 0 Å². The van der Waals surface area contributed by atoms with Crippen molar-refractivity contribution < 1.29 is 13.2 Å². The Labute approximate surface area is 179 Å².